The third-order valence-corrected chi connectivity index (χ3v) is 5.22. The SMILES string of the molecule is CN(Cc1cc(Br)c(Cl)s1)C1CCNC1.Cl. The average molecular weight is 346 g/mol. The van der Waals surface area contributed by atoms with Crippen LogP contribution in [0.25, 0.3) is 0 Å². The fourth-order valence-electron chi connectivity index (χ4n) is 1.86. The summed E-state index contributed by atoms with van der Waals surface area (Å²) in [6, 6.07) is 2.79. The van der Waals surface area contributed by atoms with Gasteiger partial charge in [0.1, 0.15) is 4.34 Å². The number of likely N-dealkylation sites (N-methyl/N-ethyl adjacent to an activating group) is 1. The maximum atomic E-state index is 6.01. The highest BCUT2D eigenvalue weighted by Crippen LogP contribution is 2.32. The number of hydrogen-bond acceptors (Lipinski definition) is 3. The zero-order chi connectivity index (χ0) is 10.8. The zero-order valence-electron chi connectivity index (χ0n) is 9.00. The van der Waals surface area contributed by atoms with Gasteiger partial charge in [0.2, 0.25) is 0 Å². The normalized spacial score (nSPS) is 20.1. The average Bonchev–Trinajstić information content (AvgIpc) is 2.77. The van der Waals surface area contributed by atoms with Crippen molar-refractivity contribution in [1.29, 1.82) is 0 Å². The monoisotopic (exact) mass is 344 g/mol. The van der Waals surface area contributed by atoms with Gasteiger partial charge in [0.15, 0.2) is 0 Å². The summed E-state index contributed by atoms with van der Waals surface area (Å²) in [5.41, 5.74) is 0. The van der Waals surface area contributed by atoms with E-state index in [4.69, 9.17) is 11.6 Å². The Hall–Kier alpha value is 0.680. The second-order valence-electron chi connectivity index (χ2n) is 3.90. The number of hydrogen-bond donors (Lipinski definition) is 1. The van der Waals surface area contributed by atoms with Crippen molar-refractivity contribution in [2.45, 2.75) is 19.0 Å². The van der Waals surface area contributed by atoms with Crippen molar-refractivity contribution in [3.63, 3.8) is 0 Å². The second kappa shape index (κ2) is 6.57. The van der Waals surface area contributed by atoms with Crippen LogP contribution in [0.5, 0.6) is 0 Å². The van der Waals surface area contributed by atoms with Crippen LogP contribution in [0.2, 0.25) is 4.34 Å². The van der Waals surface area contributed by atoms with Crippen LogP contribution < -0.4 is 5.32 Å². The highest BCUT2D eigenvalue weighted by molar-refractivity contribution is 9.10. The first kappa shape index (κ1) is 14.7. The lowest BCUT2D eigenvalue weighted by molar-refractivity contribution is 0.251. The molecule has 1 aromatic heterocycles. The molecule has 2 nitrogen and oxygen atoms in total. The van der Waals surface area contributed by atoms with Crippen molar-refractivity contribution in [3.05, 3.63) is 19.8 Å². The summed E-state index contributed by atoms with van der Waals surface area (Å²) in [4.78, 5) is 3.72. The first-order valence-electron chi connectivity index (χ1n) is 5.01. The molecule has 0 spiro atoms. The molecule has 1 aliphatic rings. The lowest BCUT2D eigenvalue weighted by Gasteiger charge is -2.22. The molecule has 2 heterocycles. The van der Waals surface area contributed by atoms with Crippen molar-refractivity contribution < 1.29 is 0 Å². The van der Waals surface area contributed by atoms with Crippen molar-refractivity contribution >= 4 is 51.3 Å². The predicted molar refractivity (Wildman–Crippen MR) is 77.0 cm³/mol. The van der Waals surface area contributed by atoms with Gasteiger partial charge in [0.25, 0.3) is 0 Å². The fourth-order valence-corrected chi connectivity index (χ4v) is 3.71. The molecule has 92 valence electrons. The molecule has 0 amide bonds. The highest BCUT2D eigenvalue weighted by Gasteiger charge is 2.19. The van der Waals surface area contributed by atoms with Crippen LogP contribution in [0.1, 0.15) is 11.3 Å². The second-order valence-corrected chi connectivity index (χ2v) is 6.49. The Bertz CT molecular complexity index is 320. The van der Waals surface area contributed by atoms with Crippen LogP contribution in [0.4, 0.5) is 0 Å². The standard InChI is InChI=1S/C10H14BrClN2S.ClH/c1-14(7-2-3-13-5-7)6-8-4-9(11)10(12)15-8;/h4,7,13H,2-3,5-6H2,1H3;1H. The molecule has 6 heteroatoms. The molecule has 0 saturated carbocycles. The van der Waals surface area contributed by atoms with Crippen LogP contribution in [-0.2, 0) is 6.54 Å². The van der Waals surface area contributed by atoms with Gasteiger partial charge in [0.05, 0.1) is 0 Å². The van der Waals surface area contributed by atoms with Crippen molar-refractivity contribution in [3.8, 4) is 0 Å². The number of halogens is 3. The summed E-state index contributed by atoms with van der Waals surface area (Å²) in [5, 5.41) is 3.38. The van der Waals surface area contributed by atoms with E-state index < -0.39 is 0 Å². The summed E-state index contributed by atoms with van der Waals surface area (Å²) >= 11 is 11.1. The summed E-state index contributed by atoms with van der Waals surface area (Å²) in [6.45, 7) is 3.24. The molecule has 1 saturated heterocycles. The Kier molecular flexibility index (Phi) is 6.05. The molecule has 2 rings (SSSR count). The summed E-state index contributed by atoms with van der Waals surface area (Å²) in [6.07, 6.45) is 1.25. The molecule has 1 atom stereocenters. The van der Waals surface area contributed by atoms with Gasteiger partial charge in [-0.2, -0.15) is 0 Å². The Morgan fingerprint density at radius 3 is 2.94 bits per heavy atom. The summed E-state index contributed by atoms with van der Waals surface area (Å²) in [7, 11) is 2.18. The highest BCUT2D eigenvalue weighted by atomic mass is 79.9. The molecule has 0 bridgehead atoms. The lowest BCUT2D eigenvalue weighted by Crippen LogP contribution is -2.32. The Morgan fingerprint density at radius 1 is 1.69 bits per heavy atom. The van der Waals surface area contributed by atoms with Gasteiger partial charge >= 0.3 is 0 Å². The van der Waals surface area contributed by atoms with E-state index >= 15 is 0 Å². The first-order valence-corrected chi connectivity index (χ1v) is 7.00. The predicted octanol–water partition coefficient (Wildman–Crippen LogP) is 3.38. The third-order valence-electron chi connectivity index (χ3n) is 2.76. The molecular formula is C10H15BrCl2N2S. The van der Waals surface area contributed by atoms with Gasteiger partial charge in [0, 0.05) is 28.5 Å². The maximum Gasteiger partial charge on any atom is 0.107 e. The van der Waals surface area contributed by atoms with Crippen LogP contribution in [0.15, 0.2) is 10.5 Å². The Labute approximate surface area is 120 Å². The largest absolute Gasteiger partial charge is 0.315 e. The van der Waals surface area contributed by atoms with Gasteiger partial charge in [-0.05, 0) is 42.0 Å². The van der Waals surface area contributed by atoms with E-state index in [9.17, 15) is 0 Å². The van der Waals surface area contributed by atoms with E-state index in [1.807, 2.05) is 0 Å². The minimum atomic E-state index is 0. The van der Waals surface area contributed by atoms with Crippen LogP contribution >= 0.6 is 51.3 Å². The van der Waals surface area contributed by atoms with E-state index in [2.05, 4.69) is 39.3 Å². The third kappa shape index (κ3) is 3.59. The van der Waals surface area contributed by atoms with Crippen molar-refractivity contribution in [2.24, 2.45) is 0 Å². The molecule has 0 aliphatic carbocycles. The summed E-state index contributed by atoms with van der Waals surface area (Å²) < 4.78 is 1.87. The fraction of sp³-hybridized carbons (Fsp3) is 0.600. The van der Waals surface area contributed by atoms with Crippen molar-refractivity contribution in [2.75, 3.05) is 20.1 Å². The van der Waals surface area contributed by atoms with Gasteiger partial charge < -0.3 is 5.32 Å². The molecule has 0 radical (unpaired) electrons. The molecule has 0 aromatic carbocycles. The van der Waals surface area contributed by atoms with Gasteiger partial charge in [-0.25, -0.2) is 0 Å². The zero-order valence-corrected chi connectivity index (χ0v) is 13.0. The minimum Gasteiger partial charge on any atom is -0.315 e. The molecule has 16 heavy (non-hydrogen) atoms. The molecular weight excluding hydrogens is 331 g/mol. The van der Waals surface area contributed by atoms with Crippen LogP contribution in [0, 0.1) is 0 Å². The molecule has 1 aliphatic heterocycles. The van der Waals surface area contributed by atoms with Gasteiger partial charge in [-0.3, -0.25) is 4.90 Å². The quantitative estimate of drug-likeness (QED) is 0.903. The van der Waals surface area contributed by atoms with E-state index in [1.165, 1.54) is 11.3 Å². The number of nitrogens with one attached hydrogen (secondary N) is 1. The summed E-state index contributed by atoms with van der Waals surface area (Å²) in [5.74, 6) is 0. The number of rotatable bonds is 3. The molecule has 1 fully saturated rings. The van der Waals surface area contributed by atoms with E-state index in [0.29, 0.717) is 6.04 Å². The topological polar surface area (TPSA) is 15.3 Å². The van der Waals surface area contributed by atoms with Crippen LogP contribution in [0.3, 0.4) is 0 Å². The first-order chi connectivity index (χ1) is 7.16. The Balaban J connectivity index is 0.00000128. The maximum absolute atomic E-state index is 6.01. The van der Waals surface area contributed by atoms with Gasteiger partial charge in [-0.1, -0.05) is 11.6 Å². The molecule has 1 N–H and O–H groups in total. The smallest absolute Gasteiger partial charge is 0.107 e. The molecule has 1 aromatic rings. The number of nitrogens with zero attached hydrogens (tertiary/aromatic N) is 1. The van der Waals surface area contributed by atoms with E-state index in [1.54, 1.807) is 11.3 Å². The molecule has 1 unspecified atom stereocenters. The van der Waals surface area contributed by atoms with Crippen molar-refractivity contribution in [1.82, 2.24) is 10.2 Å². The Morgan fingerprint density at radius 2 is 2.44 bits per heavy atom. The van der Waals surface area contributed by atoms with E-state index in [0.717, 1.165) is 28.4 Å². The number of thiophene rings is 1. The van der Waals surface area contributed by atoms with Crippen LogP contribution in [-0.4, -0.2) is 31.1 Å². The van der Waals surface area contributed by atoms with E-state index in [-0.39, 0.29) is 12.4 Å². The lowest BCUT2D eigenvalue weighted by atomic mass is 10.2. The minimum absolute atomic E-state index is 0. The van der Waals surface area contributed by atoms with Gasteiger partial charge in [-0.15, -0.1) is 23.7 Å².